The molecule has 0 aliphatic heterocycles. The lowest BCUT2D eigenvalue weighted by atomic mass is 10.1. The second kappa shape index (κ2) is 8.12. The Hall–Kier alpha value is -3.36. The molecule has 1 aromatic heterocycles. The fourth-order valence-electron chi connectivity index (χ4n) is 3.05. The zero-order valence-corrected chi connectivity index (χ0v) is 16.2. The van der Waals surface area contributed by atoms with E-state index >= 15 is 0 Å². The molecule has 0 aliphatic rings. The lowest BCUT2D eigenvalue weighted by molar-refractivity contribution is 0.886. The molecule has 4 aromatic rings. The Balaban J connectivity index is 1.73. The number of nitrogens with zero attached hydrogens (tertiary/aromatic N) is 4. The van der Waals surface area contributed by atoms with Crippen LogP contribution in [0.2, 0.25) is 0 Å². The van der Waals surface area contributed by atoms with Gasteiger partial charge in [-0.1, -0.05) is 66.4 Å². The van der Waals surface area contributed by atoms with Gasteiger partial charge in [0.2, 0.25) is 0 Å². The van der Waals surface area contributed by atoms with E-state index in [1.807, 2.05) is 54.6 Å². The molecule has 0 bridgehead atoms. The Morgan fingerprint density at radius 3 is 2.50 bits per heavy atom. The van der Waals surface area contributed by atoms with Crippen LogP contribution in [0.3, 0.4) is 0 Å². The predicted octanol–water partition coefficient (Wildman–Crippen LogP) is 5.41. The first-order valence-corrected chi connectivity index (χ1v) is 9.93. The first kappa shape index (κ1) is 18.0. The van der Waals surface area contributed by atoms with Crippen LogP contribution in [0.25, 0.3) is 17.1 Å². The van der Waals surface area contributed by atoms with E-state index < -0.39 is 0 Å². The SMILES string of the molecule is Cc1ccccc1-c1nnc(SCc2cccc(C#N)c2)n1-c1ccccc1. The molecule has 1 heterocycles. The quantitative estimate of drug-likeness (QED) is 0.433. The fraction of sp³-hybridized carbons (Fsp3) is 0.0870. The fourth-order valence-corrected chi connectivity index (χ4v) is 3.94. The van der Waals surface area contributed by atoms with Crippen molar-refractivity contribution in [1.29, 1.82) is 5.26 Å². The summed E-state index contributed by atoms with van der Waals surface area (Å²) in [7, 11) is 0. The van der Waals surface area contributed by atoms with Crippen LogP contribution in [0.15, 0.2) is 84.0 Å². The average molecular weight is 382 g/mol. The summed E-state index contributed by atoms with van der Waals surface area (Å²) in [5, 5.41) is 18.9. The molecule has 4 rings (SSSR count). The molecule has 0 N–H and O–H groups in total. The highest BCUT2D eigenvalue weighted by Gasteiger charge is 2.17. The van der Waals surface area contributed by atoms with Gasteiger partial charge in [-0.3, -0.25) is 4.57 Å². The summed E-state index contributed by atoms with van der Waals surface area (Å²) in [5.41, 5.74) is 5.01. The van der Waals surface area contributed by atoms with Gasteiger partial charge in [-0.05, 0) is 42.3 Å². The van der Waals surface area contributed by atoms with E-state index in [1.165, 1.54) is 0 Å². The average Bonchev–Trinajstić information content (AvgIpc) is 3.17. The Morgan fingerprint density at radius 1 is 0.929 bits per heavy atom. The zero-order valence-electron chi connectivity index (χ0n) is 15.4. The molecule has 136 valence electrons. The smallest absolute Gasteiger partial charge is 0.196 e. The zero-order chi connectivity index (χ0) is 19.3. The van der Waals surface area contributed by atoms with E-state index in [4.69, 9.17) is 5.26 Å². The van der Waals surface area contributed by atoms with Gasteiger partial charge in [-0.25, -0.2) is 0 Å². The van der Waals surface area contributed by atoms with Gasteiger partial charge in [0, 0.05) is 17.0 Å². The van der Waals surface area contributed by atoms with Crippen molar-refractivity contribution in [3.8, 4) is 23.1 Å². The summed E-state index contributed by atoms with van der Waals surface area (Å²) >= 11 is 1.62. The van der Waals surface area contributed by atoms with Crippen LogP contribution >= 0.6 is 11.8 Å². The Labute approximate surface area is 168 Å². The van der Waals surface area contributed by atoms with E-state index in [2.05, 4.69) is 52.0 Å². The third-order valence-corrected chi connectivity index (χ3v) is 5.46. The second-order valence-corrected chi connectivity index (χ2v) is 7.34. The first-order chi connectivity index (χ1) is 13.8. The van der Waals surface area contributed by atoms with Gasteiger partial charge in [-0.2, -0.15) is 5.26 Å². The predicted molar refractivity (Wildman–Crippen MR) is 112 cm³/mol. The topological polar surface area (TPSA) is 54.5 Å². The molecule has 5 heteroatoms. The third kappa shape index (κ3) is 3.68. The van der Waals surface area contributed by atoms with Crippen molar-refractivity contribution in [3.63, 3.8) is 0 Å². The van der Waals surface area contributed by atoms with Gasteiger partial charge >= 0.3 is 0 Å². The van der Waals surface area contributed by atoms with Crippen molar-refractivity contribution in [2.24, 2.45) is 0 Å². The minimum absolute atomic E-state index is 0.670. The van der Waals surface area contributed by atoms with Crippen molar-refractivity contribution in [2.75, 3.05) is 0 Å². The molecule has 4 nitrogen and oxygen atoms in total. The molecule has 0 unspecified atom stereocenters. The molecule has 0 saturated heterocycles. The largest absolute Gasteiger partial charge is 0.270 e. The van der Waals surface area contributed by atoms with E-state index in [0.29, 0.717) is 11.3 Å². The van der Waals surface area contributed by atoms with Crippen molar-refractivity contribution >= 4 is 11.8 Å². The first-order valence-electron chi connectivity index (χ1n) is 8.95. The third-order valence-electron chi connectivity index (χ3n) is 4.46. The summed E-state index contributed by atoms with van der Waals surface area (Å²) < 4.78 is 2.10. The summed E-state index contributed by atoms with van der Waals surface area (Å²) in [6, 6.07) is 28.2. The minimum Gasteiger partial charge on any atom is -0.270 e. The van der Waals surface area contributed by atoms with Gasteiger partial charge in [0.25, 0.3) is 0 Å². The van der Waals surface area contributed by atoms with Gasteiger partial charge in [-0.15, -0.1) is 10.2 Å². The number of benzene rings is 3. The lowest BCUT2D eigenvalue weighted by Gasteiger charge is -2.11. The summed E-state index contributed by atoms with van der Waals surface area (Å²) in [4.78, 5) is 0. The molecule has 0 atom stereocenters. The molecule has 0 radical (unpaired) electrons. The molecule has 0 amide bonds. The van der Waals surface area contributed by atoms with Crippen LogP contribution in [0.5, 0.6) is 0 Å². The van der Waals surface area contributed by atoms with E-state index in [0.717, 1.165) is 33.4 Å². The summed E-state index contributed by atoms with van der Waals surface area (Å²) in [5.74, 6) is 1.55. The van der Waals surface area contributed by atoms with Crippen LogP contribution in [0.1, 0.15) is 16.7 Å². The molecule has 0 spiro atoms. The van der Waals surface area contributed by atoms with Gasteiger partial charge in [0.1, 0.15) is 0 Å². The van der Waals surface area contributed by atoms with Crippen molar-refractivity contribution in [3.05, 3.63) is 95.6 Å². The minimum atomic E-state index is 0.670. The molecule has 0 fully saturated rings. The Morgan fingerprint density at radius 2 is 1.71 bits per heavy atom. The molecule has 28 heavy (non-hydrogen) atoms. The van der Waals surface area contributed by atoms with E-state index in [9.17, 15) is 0 Å². The number of hydrogen-bond donors (Lipinski definition) is 0. The van der Waals surface area contributed by atoms with Crippen molar-refractivity contribution in [1.82, 2.24) is 14.8 Å². The summed E-state index contributed by atoms with van der Waals surface area (Å²) in [6.45, 7) is 2.08. The molecule has 3 aromatic carbocycles. The molecule has 0 saturated carbocycles. The number of para-hydroxylation sites is 1. The maximum absolute atomic E-state index is 9.11. The number of thioether (sulfide) groups is 1. The Kier molecular flexibility index (Phi) is 5.22. The monoisotopic (exact) mass is 382 g/mol. The van der Waals surface area contributed by atoms with Crippen molar-refractivity contribution < 1.29 is 0 Å². The van der Waals surface area contributed by atoms with Gasteiger partial charge in [0.15, 0.2) is 11.0 Å². The number of aryl methyl sites for hydroxylation is 1. The number of rotatable bonds is 5. The highest BCUT2D eigenvalue weighted by Crippen LogP contribution is 2.31. The normalized spacial score (nSPS) is 10.6. The number of aromatic nitrogens is 3. The van der Waals surface area contributed by atoms with Crippen LogP contribution in [-0.4, -0.2) is 14.8 Å². The van der Waals surface area contributed by atoms with Crippen LogP contribution in [-0.2, 0) is 5.75 Å². The maximum Gasteiger partial charge on any atom is 0.196 e. The number of nitriles is 1. The van der Waals surface area contributed by atoms with Crippen LogP contribution in [0.4, 0.5) is 0 Å². The van der Waals surface area contributed by atoms with E-state index in [1.54, 1.807) is 11.8 Å². The summed E-state index contributed by atoms with van der Waals surface area (Å²) in [6.07, 6.45) is 0. The molecular weight excluding hydrogens is 364 g/mol. The highest BCUT2D eigenvalue weighted by molar-refractivity contribution is 7.98. The van der Waals surface area contributed by atoms with Gasteiger partial charge in [0.05, 0.1) is 11.6 Å². The molecule has 0 aliphatic carbocycles. The van der Waals surface area contributed by atoms with E-state index in [-0.39, 0.29) is 0 Å². The second-order valence-electron chi connectivity index (χ2n) is 6.39. The van der Waals surface area contributed by atoms with Gasteiger partial charge < -0.3 is 0 Å². The Bertz CT molecular complexity index is 1140. The maximum atomic E-state index is 9.11. The van der Waals surface area contributed by atoms with Crippen LogP contribution in [0, 0.1) is 18.3 Å². The highest BCUT2D eigenvalue weighted by atomic mass is 32.2. The lowest BCUT2D eigenvalue weighted by Crippen LogP contribution is -2.00. The van der Waals surface area contributed by atoms with Crippen molar-refractivity contribution in [2.45, 2.75) is 17.8 Å². The van der Waals surface area contributed by atoms with Crippen LogP contribution < -0.4 is 0 Å². The molecular formula is C23H18N4S. The number of hydrogen-bond acceptors (Lipinski definition) is 4. The standard InChI is InChI=1S/C23H18N4S/c1-17-8-5-6-13-21(17)22-25-26-23(27(22)20-11-3-2-4-12-20)28-16-19-10-7-9-18(14-19)15-24/h2-14H,16H2,1H3.